The molecule has 0 bridgehead atoms. The van der Waals surface area contributed by atoms with Crippen molar-refractivity contribution in [1.82, 2.24) is 0 Å². The Morgan fingerprint density at radius 1 is 1.86 bits per heavy atom. The number of hydrogen-bond donors (Lipinski definition) is 0. The Morgan fingerprint density at radius 2 is 2.43 bits per heavy atom. The summed E-state index contributed by atoms with van der Waals surface area (Å²) in [6, 6.07) is 0. The molecule has 0 heteroatoms. The molecule has 38 valence electrons. The Hall–Kier alpha value is -0.700. The van der Waals surface area contributed by atoms with Crippen LogP contribution < -0.4 is 0 Å². The van der Waals surface area contributed by atoms with Crippen LogP contribution in [0.15, 0.2) is 11.6 Å². The van der Waals surface area contributed by atoms with Gasteiger partial charge in [0.15, 0.2) is 0 Å². The molecule has 0 unspecified atom stereocenters. The van der Waals surface area contributed by atoms with Gasteiger partial charge in [0.05, 0.1) is 0 Å². The summed E-state index contributed by atoms with van der Waals surface area (Å²) in [5.41, 5.74) is 1.27. The normalized spacial score (nSPS) is 10.7. The SMILES string of the molecule is C#CC/C(C)=C\C. The third-order valence-corrected chi connectivity index (χ3v) is 0.874. The molecule has 0 aliphatic carbocycles. The lowest BCUT2D eigenvalue weighted by Crippen LogP contribution is -1.67. The van der Waals surface area contributed by atoms with E-state index in [1.54, 1.807) is 0 Å². The lowest BCUT2D eigenvalue weighted by molar-refractivity contribution is 1.24. The average molecular weight is 94.2 g/mol. The second-order valence-corrected chi connectivity index (χ2v) is 1.52. The average Bonchev–Trinajstić information content (AvgIpc) is 1.68. The van der Waals surface area contributed by atoms with Gasteiger partial charge in [-0.1, -0.05) is 11.6 Å². The summed E-state index contributed by atoms with van der Waals surface area (Å²) in [7, 11) is 0. The van der Waals surface area contributed by atoms with Crippen LogP contribution in [0, 0.1) is 12.3 Å². The second-order valence-electron chi connectivity index (χ2n) is 1.52. The van der Waals surface area contributed by atoms with Crippen LogP contribution in [0.1, 0.15) is 20.3 Å². The summed E-state index contributed by atoms with van der Waals surface area (Å²) in [5.74, 6) is 2.55. The first-order chi connectivity index (χ1) is 3.31. The molecular weight excluding hydrogens is 84.1 g/mol. The van der Waals surface area contributed by atoms with Gasteiger partial charge < -0.3 is 0 Å². The summed E-state index contributed by atoms with van der Waals surface area (Å²) in [6.07, 6.45) is 7.83. The topological polar surface area (TPSA) is 0 Å². The fourth-order valence-corrected chi connectivity index (χ4v) is 0.263. The molecule has 0 radical (unpaired) electrons. The Balaban J connectivity index is 3.43. The van der Waals surface area contributed by atoms with Crippen LogP contribution in [0.5, 0.6) is 0 Å². The van der Waals surface area contributed by atoms with Gasteiger partial charge in [-0.25, -0.2) is 0 Å². The van der Waals surface area contributed by atoms with Crippen molar-refractivity contribution in [3.63, 3.8) is 0 Å². The van der Waals surface area contributed by atoms with Crippen LogP contribution in [0.25, 0.3) is 0 Å². The van der Waals surface area contributed by atoms with E-state index < -0.39 is 0 Å². The van der Waals surface area contributed by atoms with Crippen molar-refractivity contribution in [1.29, 1.82) is 0 Å². The standard InChI is InChI=1S/C7H10/c1-4-6-7(3)5-2/h1,5H,6H2,2-3H3/b7-5-. The van der Waals surface area contributed by atoms with Gasteiger partial charge in [-0.15, -0.1) is 12.3 Å². The highest BCUT2D eigenvalue weighted by molar-refractivity contribution is 5.05. The predicted octanol–water partition coefficient (Wildman–Crippen LogP) is 1.98. The molecule has 0 saturated heterocycles. The molecule has 0 aromatic carbocycles. The van der Waals surface area contributed by atoms with Gasteiger partial charge in [0.25, 0.3) is 0 Å². The molecule has 0 atom stereocenters. The summed E-state index contributed by atoms with van der Waals surface area (Å²) in [4.78, 5) is 0. The first-order valence-corrected chi connectivity index (χ1v) is 2.36. The summed E-state index contributed by atoms with van der Waals surface area (Å²) in [5, 5.41) is 0. The van der Waals surface area contributed by atoms with Gasteiger partial charge in [-0.2, -0.15) is 0 Å². The van der Waals surface area contributed by atoms with Crippen LogP contribution in [-0.2, 0) is 0 Å². The van der Waals surface area contributed by atoms with E-state index in [0.717, 1.165) is 6.42 Å². The molecule has 0 aromatic rings. The molecule has 7 heavy (non-hydrogen) atoms. The largest absolute Gasteiger partial charge is 0.120 e. The van der Waals surface area contributed by atoms with Crippen LogP contribution in [0.4, 0.5) is 0 Å². The van der Waals surface area contributed by atoms with Crippen molar-refractivity contribution >= 4 is 0 Å². The van der Waals surface area contributed by atoms with E-state index in [-0.39, 0.29) is 0 Å². The lowest BCUT2D eigenvalue weighted by atomic mass is 10.2. The maximum atomic E-state index is 5.01. The molecule has 0 aliphatic heterocycles. The maximum absolute atomic E-state index is 5.01. The molecule has 0 N–H and O–H groups in total. The molecule has 0 heterocycles. The molecule has 0 saturated carbocycles. The quantitative estimate of drug-likeness (QED) is 0.344. The molecular formula is C7H10. The number of rotatable bonds is 1. The first kappa shape index (κ1) is 6.30. The highest BCUT2D eigenvalue weighted by atomic mass is 13.8. The molecule has 0 amide bonds. The Labute approximate surface area is 45.2 Å². The maximum Gasteiger partial charge on any atom is 0.0293 e. The van der Waals surface area contributed by atoms with Crippen molar-refractivity contribution in [3.8, 4) is 12.3 Å². The smallest absolute Gasteiger partial charge is 0.0293 e. The van der Waals surface area contributed by atoms with E-state index in [1.807, 2.05) is 19.9 Å². The Bertz CT molecular complexity index is 102. The van der Waals surface area contributed by atoms with E-state index in [1.165, 1.54) is 5.57 Å². The first-order valence-electron chi connectivity index (χ1n) is 2.36. The third kappa shape index (κ3) is 3.12. The van der Waals surface area contributed by atoms with Crippen molar-refractivity contribution in [2.45, 2.75) is 20.3 Å². The summed E-state index contributed by atoms with van der Waals surface area (Å²) in [6.45, 7) is 4.02. The third-order valence-electron chi connectivity index (χ3n) is 0.874. The minimum absolute atomic E-state index is 0.788. The predicted molar refractivity (Wildman–Crippen MR) is 32.9 cm³/mol. The van der Waals surface area contributed by atoms with Crippen molar-refractivity contribution in [3.05, 3.63) is 11.6 Å². The molecule has 0 nitrogen and oxygen atoms in total. The van der Waals surface area contributed by atoms with E-state index >= 15 is 0 Å². The molecule has 0 aliphatic rings. The number of hydrogen-bond acceptors (Lipinski definition) is 0. The molecule has 0 fully saturated rings. The van der Waals surface area contributed by atoms with Gasteiger partial charge in [0.1, 0.15) is 0 Å². The lowest BCUT2D eigenvalue weighted by Gasteiger charge is -1.85. The monoisotopic (exact) mass is 94.1 g/mol. The van der Waals surface area contributed by atoms with E-state index in [0.29, 0.717) is 0 Å². The van der Waals surface area contributed by atoms with Crippen LogP contribution in [0.2, 0.25) is 0 Å². The minimum atomic E-state index is 0.788. The zero-order valence-electron chi connectivity index (χ0n) is 4.86. The highest BCUT2D eigenvalue weighted by Crippen LogP contribution is 1.94. The van der Waals surface area contributed by atoms with Crippen LogP contribution in [0.3, 0.4) is 0 Å². The van der Waals surface area contributed by atoms with Gasteiger partial charge in [0, 0.05) is 6.42 Å². The Kier molecular flexibility index (Phi) is 3.14. The van der Waals surface area contributed by atoms with Crippen LogP contribution >= 0.6 is 0 Å². The fraction of sp³-hybridized carbons (Fsp3) is 0.429. The van der Waals surface area contributed by atoms with Gasteiger partial charge in [-0.05, 0) is 13.8 Å². The van der Waals surface area contributed by atoms with Gasteiger partial charge in [0.2, 0.25) is 0 Å². The van der Waals surface area contributed by atoms with Crippen molar-refractivity contribution in [2.75, 3.05) is 0 Å². The van der Waals surface area contributed by atoms with E-state index in [4.69, 9.17) is 6.42 Å². The second kappa shape index (κ2) is 3.49. The van der Waals surface area contributed by atoms with Crippen molar-refractivity contribution < 1.29 is 0 Å². The molecule has 0 spiro atoms. The van der Waals surface area contributed by atoms with Crippen LogP contribution in [-0.4, -0.2) is 0 Å². The molecule has 0 aromatic heterocycles. The Morgan fingerprint density at radius 3 is 2.57 bits per heavy atom. The van der Waals surface area contributed by atoms with Gasteiger partial charge in [-0.3, -0.25) is 0 Å². The van der Waals surface area contributed by atoms with Crippen molar-refractivity contribution in [2.24, 2.45) is 0 Å². The highest BCUT2D eigenvalue weighted by Gasteiger charge is 1.76. The van der Waals surface area contributed by atoms with E-state index in [2.05, 4.69) is 5.92 Å². The van der Waals surface area contributed by atoms with Gasteiger partial charge >= 0.3 is 0 Å². The molecule has 0 rings (SSSR count). The number of allylic oxidation sites excluding steroid dienone is 2. The number of terminal acetylenes is 1. The fourth-order valence-electron chi connectivity index (χ4n) is 0.263. The zero-order valence-corrected chi connectivity index (χ0v) is 4.86. The summed E-state index contributed by atoms with van der Waals surface area (Å²) < 4.78 is 0. The van der Waals surface area contributed by atoms with E-state index in [9.17, 15) is 0 Å². The minimum Gasteiger partial charge on any atom is -0.120 e. The summed E-state index contributed by atoms with van der Waals surface area (Å²) >= 11 is 0. The zero-order chi connectivity index (χ0) is 5.70.